The van der Waals surface area contributed by atoms with Crippen molar-refractivity contribution in [3.8, 4) is 0 Å². The van der Waals surface area contributed by atoms with Crippen molar-refractivity contribution < 1.29 is 5.11 Å². The standard InChI is InChI=1S/C10H6O/c11-10-7-3-5-8-4-1-2-6-9(8)10/h1-4,6-7H. The molecule has 0 saturated heterocycles. The molecule has 0 saturated carbocycles. The Labute approximate surface area is 65.3 Å². The van der Waals surface area contributed by atoms with Gasteiger partial charge in [0.05, 0.1) is 11.6 Å². The highest BCUT2D eigenvalue weighted by molar-refractivity contribution is 5.65. The van der Waals surface area contributed by atoms with Gasteiger partial charge in [-0.3, -0.25) is 0 Å². The number of benzene rings is 1. The fraction of sp³-hybridized carbons (Fsp3) is 0. The first kappa shape index (κ1) is 6.14. The zero-order chi connectivity index (χ0) is 7.68. The van der Waals surface area contributed by atoms with E-state index in [2.05, 4.69) is 6.08 Å². The molecule has 1 aromatic rings. The Kier molecular flexibility index (Phi) is 1.24. The van der Waals surface area contributed by atoms with Gasteiger partial charge in [-0.2, -0.15) is 0 Å². The van der Waals surface area contributed by atoms with Gasteiger partial charge in [0.1, 0.15) is 0 Å². The van der Waals surface area contributed by atoms with E-state index in [-0.39, 0.29) is 5.76 Å². The van der Waals surface area contributed by atoms with Crippen LogP contribution in [0.3, 0.4) is 0 Å². The molecule has 0 atom stereocenters. The van der Waals surface area contributed by atoms with Gasteiger partial charge in [-0.15, -0.1) is 0 Å². The second-order valence-corrected chi connectivity index (χ2v) is 2.39. The van der Waals surface area contributed by atoms with Crippen LogP contribution in [-0.2, 0) is 0 Å². The number of hydrogen-bond donors (Lipinski definition) is 0. The lowest BCUT2D eigenvalue weighted by atomic mass is 10.0. The predicted octanol–water partition coefficient (Wildman–Crippen LogP) is 1.11. The van der Waals surface area contributed by atoms with Gasteiger partial charge in [-0.05, 0) is 24.0 Å². The van der Waals surface area contributed by atoms with E-state index in [1.165, 1.54) is 6.08 Å². The molecule has 0 aromatic heterocycles. The summed E-state index contributed by atoms with van der Waals surface area (Å²) in [5.41, 5.74) is 1.63. The number of allylic oxidation sites excluding steroid dienone is 2. The van der Waals surface area contributed by atoms with Crippen molar-refractivity contribution in [2.75, 3.05) is 0 Å². The summed E-state index contributed by atoms with van der Waals surface area (Å²) in [6.07, 6.45) is 6.18. The molecule has 1 heteroatoms. The fourth-order valence-corrected chi connectivity index (χ4v) is 1.12. The largest absolute Gasteiger partial charge is 0.857 e. The predicted molar refractivity (Wildman–Crippen MR) is 41.3 cm³/mol. The van der Waals surface area contributed by atoms with Crippen LogP contribution in [0.15, 0.2) is 36.4 Å². The highest BCUT2D eigenvalue weighted by Gasteiger charge is 2.08. The van der Waals surface area contributed by atoms with Gasteiger partial charge in [0.2, 0.25) is 0 Å². The lowest BCUT2D eigenvalue weighted by molar-refractivity contribution is -0.243. The van der Waals surface area contributed by atoms with E-state index in [4.69, 9.17) is 0 Å². The average Bonchev–Trinajstić information content (AvgIpc) is 2.06. The van der Waals surface area contributed by atoms with E-state index in [1.807, 2.05) is 24.3 Å². The summed E-state index contributed by atoms with van der Waals surface area (Å²) in [4.78, 5) is 0. The molecule has 1 aromatic carbocycles. The third-order valence-corrected chi connectivity index (χ3v) is 1.67. The molecule has 1 aliphatic carbocycles. The van der Waals surface area contributed by atoms with E-state index in [1.54, 1.807) is 6.08 Å². The van der Waals surface area contributed by atoms with E-state index in [9.17, 15) is 5.11 Å². The van der Waals surface area contributed by atoms with Crippen LogP contribution in [0.2, 0.25) is 0 Å². The highest BCUT2D eigenvalue weighted by atomic mass is 16.3. The van der Waals surface area contributed by atoms with Crippen molar-refractivity contribution in [3.05, 3.63) is 53.6 Å². The summed E-state index contributed by atoms with van der Waals surface area (Å²) >= 11 is 0. The normalized spacial score (nSPS) is 13.3. The summed E-state index contributed by atoms with van der Waals surface area (Å²) in [6, 6.07) is 7.46. The van der Waals surface area contributed by atoms with E-state index in [0.29, 0.717) is 0 Å². The van der Waals surface area contributed by atoms with Crippen molar-refractivity contribution in [1.82, 2.24) is 0 Å². The smallest absolute Gasteiger partial charge is 0.154 e. The molecule has 0 unspecified atom stereocenters. The lowest BCUT2D eigenvalue weighted by Crippen LogP contribution is -2.05. The molecular formula is C10H6O. The van der Waals surface area contributed by atoms with Crippen LogP contribution >= 0.6 is 0 Å². The summed E-state index contributed by atoms with van der Waals surface area (Å²) < 4.78 is 0. The maximum absolute atomic E-state index is 11.2. The second kappa shape index (κ2) is 2.22. The molecule has 0 radical (unpaired) electrons. The molecule has 0 heterocycles. The topological polar surface area (TPSA) is 23.1 Å². The first-order valence-electron chi connectivity index (χ1n) is 3.44. The first-order valence-corrected chi connectivity index (χ1v) is 3.44. The van der Waals surface area contributed by atoms with E-state index < -0.39 is 0 Å². The molecule has 0 bridgehead atoms. The van der Waals surface area contributed by atoms with Gasteiger partial charge in [-0.25, -0.2) is 0 Å². The second-order valence-electron chi connectivity index (χ2n) is 2.39. The van der Waals surface area contributed by atoms with Gasteiger partial charge >= 0.3 is 0 Å². The van der Waals surface area contributed by atoms with Gasteiger partial charge in [0.25, 0.3) is 0 Å². The van der Waals surface area contributed by atoms with Crippen molar-refractivity contribution in [1.29, 1.82) is 0 Å². The Bertz CT molecular complexity index is 334. The van der Waals surface area contributed by atoms with Crippen molar-refractivity contribution in [2.24, 2.45) is 0 Å². The van der Waals surface area contributed by atoms with Gasteiger partial charge in [0.15, 0.2) is 5.56 Å². The zero-order valence-corrected chi connectivity index (χ0v) is 5.87. The van der Waals surface area contributed by atoms with Crippen LogP contribution < -0.4 is 5.11 Å². The third-order valence-electron chi connectivity index (χ3n) is 1.67. The van der Waals surface area contributed by atoms with E-state index in [0.717, 1.165) is 11.1 Å². The number of fused-ring (bicyclic) bond motifs is 1. The molecule has 0 aliphatic heterocycles. The molecule has 52 valence electrons. The molecule has 2 rings (SSSR count). The summed E-state index contributed by atoms with van der Waals surface area (Å²) in [5, 5.41) is 11.2. The lowest BCUT2D eigenvalue weighted by Gasteiger charge is -2.08. The maximum atomic E-state index is 11.2. The van der Waals surface area contributed by atoms with Crippen LogP contribution in [0.5, 0.6) is 0 Å². The fourth-order valence-electron chi connectivity index (χ4n) is 1.12. The first-order chi connectivity index (χ1) is 5.38. The van der Waals surface area contributed by atoms with Crippen molar-refractivity contribution in [3.63, 3.8) is 0 Å². The molecule has 0 amide bonds. The summed E-state index contributed by atoms with van der Waals surface area (Å²) in [5.74, 6) is 0.0688. The van der Waals surface area contributed by atoms with Gasteiger partial charge in [0, 0.05) is 18.2 Å². The Balaban J connectivity index is 2.67. The minimum Gasteiger partial charge on any atom is -0.857 e. The average molecular weight is 142 g/mol. The molecule has 0 N–H and O–H groups in total. The van der Waals surface area contributed by atoms with E-state index >= 15 is 0 Å². The zero-order valence-electron chi connectivity index (χ0n) is 5.87. The molecule has 0 spiro atoms. The minimum atomic E-state index is 0.0688. The Morgan fingerprint density at radius 1 is 1.18 bits per heavy atom. The highest BCUT2D eigenvalue weighted by Crippen LogP contribution is 2.18. The Morgan fingerprint density at radius 2 is 2.00 bits per heavy atom. The van der Waals surface area contributed by atoms with Crippen LogP contribution in [0.25, 0.3) is 5.76 Å². The van der Waals surface area contributed by atoms with Crippen LogP contribution in [-0.4, -0.2) is 0 Å². The van der Waals surface area contributed by atoms with Crippen LogP contribution in [0, 0.1) is 6.08 Å². The molecule has 0 fully saturated rings. The molecule has 1 nitrogen and oxygen atoms in total. The molecular weight excluding hydrogens is 136 g/mol. The van der Waals surface area contributed by atoms with Gasteiger partial charge in [-0.1, -0.05) is 0 Å². The Hall–Kier alpha value is -1.59. The third kappa shape index (κ3) is 0.917. The summed E-state index contributed by atoms with van der Waals surface area (Å²) in [7, 11) is 0. The monoisotopic (exact) mass is 142 g/mol. The van der Waals surface area contributed by atoms with Crippen molar-refractivity contribution >= 4 is 5.76 Å². The SMILES string of the molecule is [O-]C1=CC=[C+]c2ccccc21. The maximum Gasteiger partial charge on any atom is 0.154 e. The quantitative estimate of drug-likeness (QED) is 0.497. The van der Waals surface area contributed by atoms with Gasteiger partial charge < -0.3 is 5.11 Å². The number of hydrogen-bond acceptors (Lipinski definition) is 1. The molecule has 11 heavy (non-hydrogen) atoms. The van der Waals surface area contributed by atoms with Crippen molar-refractivity contribution in [2.45, 2.75) is 0 Å². The minimum absolute atomic E-state index is 0.0688. The Morgan fingerprint density at radius 3 is 2.82 bits per heavy atom. The van der Waals surface area contributed by atoms with Crippen LogP contribution in [0.4, 0.5) is 0 Å². The number of rotatable bonds is 0. The summed E-state index contributed by atoms with van der Waals surface area (Å²) in [6.45, 7) is 0. The van der Waals surface area contributed by atoms with Crippen LogP contribution in [0.1, 0.15) is 11.1 Å². The molecule has 1 aliphatic rings.